The maximum atomic E-state index is 12.8. The third-order valence-electron chi connectivity index (χ3n) is 4.36. The van der Waals surface area contributed by atoms with E-state index in [1.165, 1.54) is 4.90 Å². The number of carbonyl (C=O) groups excluding carboxylic acids is 1. The number of benzene rings is 1. The summed E-state index contributed by atoms with van der Waals surface area (Å²) in [6.07, 6.45) is 3.41. The highest BCUT2D eigenvalue weighted by molar-refractivity contribution is 8.26. The van der Waals surface area contributed by atoms with Gasteiger partial charge in [-0.3, -0.25) is 9.69 Å². The van der Waals surface area contributed by atoms with Crippen LogP contribution in [0.4, 0.5) is 0 Å². The Kier molecular flexibility index (Phi) is 7.05. The Bertz CT molecular complexity index is 982. The normalized spacial score (nSPS) is 16.7. The predicted octanol–water partition coefficient (Wildman–Crippen LogP) is 6.10. The maximum Gasteiger partial charge on any atom is 0.326 e. The lowest BCUT2D eigenvalue weighted by molar-refractivity contribution is -0.145. The van der Waals surface area contributed by atoms with Gasteiger partial charge in [-0.2, -0.15) is 0 Å². The zero-order chi connectivity index (χ0) is 21.1. The van der Waals surface area contributed by atoms with E-state index in [1.54, 1.807) is 36.4 Å². The Morgan fingerprint density at radius 2 is 2.00 bits per heavy atom. The summed E-state index contributed by atoms with van der Waals surface area (Å²) in [5.74, 6) is -0.618. The molecule has 1 aromatic heterocycles. The molecule has 0 saturated carbocycles. The van der Waals surface area contributed by atoms with Crippen LogP contribution in [0, 0.1) is 0 Å². The minimum atomic E-state index is -1.07. The summed E-state index contributed by atoms with van der Waals surface area (Å²) < 4.78 is 6.02. The fourth-order valence-electron chi connectivity index (χ4n) is 2.94. The second-order valence-electron chi connectivity index (χ2n) is 6.35. The highest BCUT2D eigenvalue weighted by Crippen LogP contribution is 2.38. The van der Waals surface area contributed by atoms with Gasteiger partial charge in [0.15, 0.2) is 0 Å². The number of aliphatic carboxylic acids is 1. The number of hydrogen-bond donors (Lipinski definition) is 1. The first kappa shape index (κ1) is 21.9. The number of rotatable bonds is 7. The van der Waals surface area contributed by atoms with Crippen molar-refractivity contribution in [2.45, 2.75) is 32.2 Å². The zero-order valence-corrected chi connectivity index (χ0v) is 18.5. The lowest BCUT2D eigenvalue weighted by Crippen LogP contribution is -2.43. The average Bonchev–Trinajstić information content (AvgIpc) is 3.21. The number of furan rings is 1. The Hall–Kier alpha value is -1.80. The van der Waals surface area contributed by atoms with Crippen molar-refractivity contribution in [3.63, 3.8) is 0 Å². The number of unbranched alkanes of at least 4 members (excludes halogenated alkanes) is 1. The molecule has 1 aliphatic heterocycles. The molecule has 1 unspecified atom stereocenters. The molecule has 0 bridgehead atoms. The smallest absolute Gasteiger partial charge is 0.326 e. The van der Waals surface area contributed by atoms with E-state index in [-0.39, 0.29) is 4.32 Å². The third-order valence-corrected chi connectivity index (χ3v) is 6.32. The minimum Gasteiger partial charge on any atom is -0.480 e. The SMILES string of the molecule is CCCCC(C(=O)O)N1C(=O)C(=Cc2ccc(-c3c(Cl)cccc3Cl)o2)SC1=S. The summed E-state index contributed by atoms with van der Waals surface area (Å²) in [5, 5.41) is 10.4. The van der Waals surface area contributed by atoms with Crippen molar-refractivity contribution in [1.82, 2.24) is 4.90 Å². The fourth-order valence-corrected chi connectivity index (χ4v) is 4.86. The van der Waals surface area contributed by atoms with Crippen LogP contribution in [0.3, 0.4) is 0 Å². The van der Waals surface area contributed by atoms with Gasteiger partial charge in [-0.25, -0.2) is 4.79 Å². The second-order valence-corrected chi connectivity index (χ2v) is 8.84. The summed E-state index contributed by atoms with van der Waals surface area (Å²) in [6, 6.07) is 7.58. The van der Waals surface area contributed by atoms with Crippen molar-refractivity contribution in [1.29, 1.82) is 0 Å². The lowest BCUT2D eigenvalue weighted by atomic mass is 10.1. The Balaban J connectivity index is 1.87. The summed E-state index contributed by atoms with van der Waals surface area (Å²) >= 11 is 18.8. The minimum absolute atomic E-state index is 0.227. The van der Waals surface area contributed by atoms with Crippen LogP contribution in [0.15, 0.2) is 39.7 Å². The zero-order valence-electron chi connectivity index (χ0n) is 15.4. The number of halogens is 2. The molecule has 2 aromatic rings. The molecular formula is C20H17Cl2NO4S2. The second kappa shape index (κ2) is 9.34. The van der Waals surface area contributed by atoms with Crippen molar-refractivity contribution >= 4 is 69.5 Å². The number of amides is 1. The highest BCUT2D eigenvalue weighted by Gasteiger charge is 2.40. The Morgan fingerprint density at radius 3 is 2.62 bits per heavy atom. The quantitative estimate of drug-likeness (QED) is 0.390. The molecule has 5 nitrogen and oxygen atoms in total. The molecule has 0 radical (unpaired) electrons. The summed E-state index contributed by atoms with van der Waals surface area (Å²) in [6.45, 7) is 1.96. The summed E-state index contributed by atoms with van der Waals surface area (Å²) in [4.78, 5) is 26.0. The van der Waals surface area contributed by atoms with Gasteiger partial charge in [0.2, 0.25) is 0 Å². The first-order valence-corrected chi connectivity index (χ1v) is 10.9. The van der Waals surface area contributed by atoms with Gasteiger partial charge < -0.3 is 9.52 Å². The molecule has 29 heavy (non-hydrogen) atoms. The van der Waals surface area contributed by atoms with Crippen LogP contribution in [0.1, 0.15) is 31.9 Å². The van der Waals surface area contributed by atoms with E-state index in [9.17, 15) is 14.7 Å². The number of carboxylic acid groups (broad SMARTS) is 1. The molecule has 0 aliphatic carbocycles. The van der Waals surface area contributed by atoms with Gasteiger partial charge in [0.05, 0.1) is 20.5 Å². The monoisotopic (exact) mass is 469 g/mol. The topological polar surface area (TPSA) is 70.8 Å². The third kappa shape index (κ3) is 4.69. The first-order chi connectivity index (χ1) is 13.8. The number of hydrogen-bond acceptors (Lipinski definition) is 5. The Labute approximate surface area is 187 Å². The highest BCUT2D eigenvalue weighted by atomic mass is 35.5. The summed E-state index contributed by atoms with van der Waals surface area (Å²) in [5.41, 5.74) is 0.563. The molecule has 152 valence electrons. The molecule has 1 N–H and O–H groups in total. The molecule has 1 aliphatic rings. The maximum absolute atomic E-state index is 12.8. The van der Waals surface area contributed by atoms with E-state index in [2.05, 4.69) is 0 Å². The van der Waals surface area contributed by atoms with Gasteiger partial charge in [0.25, 0.3) is 5.91 Å². The van der Waals surface area contributed by atoms with Crippen LogP contribution >= 0.6 is 47.2 Å². The molecule has 1 amide bonds. The van der Waals surface area contributed by atoms with Gasteiger partial charge in [0, 0.05) is 6.08 Å². The van der Waals surface area contributed by atoms with Gasteiger partial charge in [-0.05, 0) is 30.7 Å². The fraction of sp³-hybridized carbons (Fsp3) is 0.250. The molecule has 0 spiro atoms. The van der Waals surface area contributed by atoms with Crippen LogP contribution < -0.4 is 0 Å². The van der Waals surface area contributed by atoms with Gasteiger partial charge >= 0.3 is 5.97 Å². The molecule has 1 atom stereocenters. The van der Waals surface area contributed by atoms with Crippen molar-refractivity contribution < 1.29 is 19.1 Å². The number of thiocarbonyl (C=S) groups is 1. The molecule has 2 heterocycles. The first-order valence-electron chi connectivity index (χ1n) is 8.87. The van der Waals surface area contributed by atoms with Crippen LogP contribution in [-0.4, -0.2) is 32.2 Å². The van der Waals surface area contributed by atoms with Crippen molar-refractivity contribution in [2.24, 2.45) is 0 Å². The van der Waals surface area contributed by atoms with E-state index >= 15 is 0 Å². The van der Waals surface area contributed by atoms with Gasteiger partial charge in [-0.1, -0.05) is 73.0 Å². The Morgan fingerprint density at radius 1 is 1.31 bits per heavy atom. The van der Waals surface area contributed by atoms with E-state index in [0.29, 0.717) is 44.9 Å². The largest absolute Gasteiger partial charge is 0.480 e. The molecule has 1 aromatic carbocycles. The van der Waals surface area contributed by atoms with Gasteiger partial charge in [0.1, 0.15) is 21.9 Å². The van der Waals surface area contributed by atoms with Crippen LogP contribution in [0.5, 0.6) is 0 Å². The number of carbonyl (C=O) groups is 2. The van der Waals surface area contributed by atoms with Crippen molar-refractivity contribution in [3.8, 4) is 11.3 Å². The molecule has 1 saturated heterocycles. The standard InChI is InChI=1S/C20H17Cl2NO4S2/c1-2-3-7-14(19(25)26)23-18(24)16(29-20(23)28)10-11-8-9-15(27-11)17-12(21)5-4-6-13(17)22/h4-6,8-10,14H,2-3,7H2,1H3,(H,25,26). The lowest BCUT2D eigenvalue weighted by Gasteiger charge is -2.22. The van der Waals surface area contributed by atoms with Crippen molar-refractivity contribution in [2.75, 3.05) is 0 Å². The van der Waals surface area contributed by atoms with Crippen molar-refractivity contribution in [3.05, 3.63) is 51.0 Å². The summed E-state index contributed by atoms with van der Waals surface area (Å²) in [7, 11) is 0. The van der Waals surface area contributed by atoms with E-state index in [4.69, 9.17) is 39.8 Å². The predicted molar refractivity (Wildman–Crippen MR) is 120 cm³/mol. The molecule has 1 fully saturated rings. The number of thioether (sulfide) groups is 1. The van der Waals surface area contributed by atoms with Crippen LogP contribution in [0.25, 0.3) is 17.4 Å². The van der Waals surface area contributed by atoms with Gasteiger partial charge in [-0.15, -0.1) is 0 Å². The number of nitrogens with zero attached hydrogens (tertiary/aromatic N) is 1. The molecule has 9 heteroatoms. The molecule has 3 rings (SSSR count). The average molecular weight is 470 g/mol. The van der Waals surface area contributed by atoms with Crippen LogP contribution in [-0.2, 0) is 9.59 Å². The van der Waals surface area contributed by atoms with E-state index < -0.39 is 17.9 Å². The van der Waals surface area contributed by atoms with E-state index in [0.717, 1.165) is 18.2 Å². The molecular weight excluding hydrogens is 453 g/mol. The van der Waals surface area contributed by atoms with E-state index in [1.807, 2.05) is 6.92 Å². The number of carboxylic acids is 1. The van der Waals surface area contributed by atoms with Crippen LogP contribution in [0.2, 0.25) is 10.0 Å².